The molecule has 61 heavy (non-hydrogen) atoms. The van der Waals surface area contributed by atoms with Gasteiger partial charge in [-0.3, -0.25) is 15.0 Å². The van der Waals surface area contributed by atoms with Crippen molar-refractivity contribution in [3.8, 4) is 101 Å². The number of hydrogen-bond acceptors (Lipinski definition) is 3. The van der Waals surface area contributed by atoms with Crippen LogP contribution < -0.4 is 0 Å². The molecule has 0 amide bonds. The third-order valence-corrected chi connectivity index (χ3v) is 11.4. The van der Waals surface area contributed by atoms with Crippen LogP contribution in [0.25, 0.3) is 101 Å². The van der Waals surface area contributed by atoms with Crippen LogP contribution in [0.15, 0.2) is 231 Å². The number of pyridine rings is 3. The molecule has 0 fully saturated rings. The monoisotopic (exact) mass is 779 g/mol. The number of aryl methyl sites for hydroxylation is 1. The van der Waals surface area contributed by atoms with Crippen LogP contribution in [0.5, 0.6) is 0 Å². The van der Waals surface area contributed by atoms with E-state index >= 15 is 0 Å². The molecule has 0 aliphatic rings. The van der Waals surface area contributed by atoms with Crippen LogP contribution in [0.3, 0.4) is 0 Å². The topological polar surface area (TPSA) is 38.7 Å². The molecule has 0 unspecified atom stereocenters. The summed E-state index contributed by atoms with van der Waals surface area (Å²) in [6, 6.07) is 75.8. The zero-order valence-corrected chi connectivity index (χ0v) is 33.8. The highest BCUT2D eigenvalue weighted by atomic mass is 14.7. The normalized spacial score (nSPS) is 11.0. The van der Waals surface area contributed by atoms with Gasteiger partial charge in [-0.1, -0.05) is 152 Å². The highest BCUT2D eigenvalue weighted by Gasteiger charge is 2.17. The first-order chi connectivity index (χ1) is 30.2. The van der Waals surface area contributed by atoms with Crippen molar-refractivity contribution < 1.29 is 0 Å². The van der Waals surface area contributed by atoms with Crippen molar-refractivity contribution in [2.45, 2.75) is 6.92 Å². The predicted octanol–water partition coefficient (Wildman–Crippen LogP) is 15.2. The van der Waals surface area contributed by atoms with Crippen LogP contribution in [-0.4, -0.2) is 15.0 Å². The summed E-state index contributed by atoms with van der Waals surface area (Å²) < 4.78 is 0. The second-order valence-electron chi connectivity index (χ2n) is 15.3. The molecule has 288 valence electrons. The summed E-state index contributed by atoms with van der Waals surface area (Å²) in [6.07, 6.45) is 5.54. The molecule has 0 saturated heterocycles. The number of nitrogens with zero attached hydrogens (tertiary/aromatic N) is 3. The quantitative estimate of drug-likeness (QED) is 0.146. The zero-order valence-electron chi connectivity index (χ0n) is 33.8. The van der Waals surface area contributed by atoms with E-state index in [0.29, 0.717) is 0 Å². The summed E-state index contributed by atoms with van der Waals surface area (Å²) in [5.41, 5.74) is 21.4. The van der Waals surface area contributed by atoms with Gasteiger partial charge >= 0.3 is 0 Å². The first kappa shape index (κ1) is 37.3. The van der Waals surface area contributed by atoms with Crippen molar-refractivity contribution in [1.82, 2.24) is 15.0 Å². The molecular formula is C58H41N3. The third-order valence-electron chi connectivity index (χ3n) is 11.4. The Labute approximate surface area is 357 Å². The van der Waals surface area contributed by atoms with Gasteiger partial charge in [0.15, 0.2) is 0 Å². The Bertz CT molecular complexity index is 2960. The largest absolute Gasteiger partial charge is 0.256 e. The van der Waals surface area contributed by atoms with Crippen molar-refractivity contribution in [2.24, 2.45) is 0 Å². The van der Waals surface area contributed by atoms with Crippen molar-refractivity contribution in [2.75, 3.05) is 0 Å². The first-order valence-electron chi connectivity index (χ1n) is 20.7. The second-order valence-corrected chi connectivity index (χ2v) is 15.3. The van der Waals surface area contributed by atoms with E-state index < -0.39 is 0 Å². The third kappa shape index (κ3) is 7.69. The van der Waals surface area contributed by atoms with Gasteiger partial charge < -0.3 is 0 Å². The van der Waals surface area contributed by atoms with Gasteiger partial charge in [0.1, 0.15) is 0 Å². The highest BCUT2D eigenvalue weighted by Crippen LogP contribution is 2.43. The van der Waals surface area contributed by atoms with Crippen molar-refractivity contribution in [3.63, 3.8) is 0 Å². The van der Waals surface area contributed by atoms with Crippen LogP contribution in [0, 0.1) is 6.92 Å². The molecule has 7 aromatic carbocycles. The fourth-order valence-electron chi connectivity index (χ4n) is 8.40. The molecule has 0 saturated carbocycles. The van der Waals surface area contributed by atoms with Gasteiger partial charge in [-0.05, 0) is 140 Å². The highest BCUT2D eigenvalue weighted by molar-refractivity contribution is 5.95. The fraction of sp³-hybridized carbons (Fsp3) is 0.0172. The molecule has 3 heterocycles. The molecule has 0 aliphatic heterocycles. The van der Waals surface area contributed by atoms with E-state index in [4.69, 9.17) is 0 Å². The van der Waals surface area contributed by atoms with Crippen molar-refractivity contribution in [1.29, 1.82) is 0 Å². The minimum absolute atomic E-state index is 0.963. The lowest BCUT2D eigenvalue weighted by molar-refractivity contribution is 1.32. The van der Waals surface area contributed by atoms with Gasteiger partial charge in [-0.15, -0.1) is 0 Å². The van der Waals surface area contributed by atoms with Crippen LogP contribution in [0.2, 0.25) is 0 Å². The van der Waals surface area contributed by atoms with Gasteiger partial charge in [0.25, 0.3) is 0 Å². The summed E-state index contributed by atoms with van der Waals surface area (Å²) in [5.74, 6) is 0. The lowest BCUT2D eigenvalue weighted by Crippen LogP contribution is -1.93. The van der Waals surface area contributed by atoms with Crippen LogP contribution in [0.1, 0.15) is 5.56 Å². The van der Waals surface area contributed by atoms with Crippen LogP contribution >= 0.6 is 0 Å². The van der Waals surface area contributed by atoms with Crippen molar-refractivity contribution >= 4 is 0 Å². The number of benzene rings is 7. The first-order valence-corrected chi connectivity index (χ1v) is 20.7. The molecule has 3 aromatic heterocycles. The summed E-state index contributed by atoms with van der Waals surface area (Å²) in [5, 5.41) is 0. The number of aromatic nitrogens is 3. The minimum Gasteiger partial charge on any atom is -0.256 e. The summed E-state index contributed by atoms with van der Waals surface area (Å²) in [6.45, 7) is 2.20. The zero-order chi connectivity index (χ0) is 41.0. The lowest BCUT2D eigenvalue weighted by atomic mass is 9.85. The molecule has 10 aromatic rings. The van der Waals surface area contributed by atoms with E-state index in [-0.39, 0.29) is 0 Å². The Balaban J connectivity index is 1.13. The minimum atomic E-state index is 0.963. The Kier molecular flexibility index (Phi) is 10.2. The molecule has 3 nitrogen and oxygen atoms in total. The van der Waals surface area contributed by atoms with E-state index in [0.717, 1.165) is 61.6 Å². The summed E-state index contributed by atoms with van der Waals surface area (Å²) in [4.78, 5) is 13.8. The van der Waals surface area contributed by atoms with Gasteiger partial charge in [-0.25, -0.2) is 0 Å². The Morgan fingerprint density at radius 2 is 0.541 bits per heavy atom. The molecule has 0 atom stereocenters. The van der Waals surface area contributed by atoms with E-state index in [9.17, 15) is 0 Å². The molecular weight excluding hydrogens is 739 g/mol. The smallest absolute Gasteiger partial charge is 0.0702 e. The van der Waals surface area contributed by atoms with Crippen LogP contribution in [0.4, 0.5) is 0 Å². The SMILES string of the molecule is Cc1cc(-c2ccccn2)ccc1-c1ccccc1-c1cc(-c2ccccc2-c2ccc(-c3ccccn3)cc2)cc(-c2ccccc2-c2ccc(-c3ccccn3)cc2)c1. The predicted molar refractivity (Wildman–Crippen MR) is 253 cm³/mol. The molecule has 0 radical (unpaired) electrons. The molecule has 3 heteroatoms. The van der Waals surface area contributed by atoms with E-state index in [1.165, 1.54) is 44.5 Å². The number of hydrogen-bond donors (Lipinski definition) is 0. The molecule has 10 rings (SSSR count). The van der Waals surface area contributed by atoms with E-state index in [1.807, 2.05) is 55.0 Å². The summed E-state index contributed by atoms with van der Waals surface area (Å²) in [7, 11) is 0. The van der Waals surface area contributed by atoms with E-state index in [2.05, 4.69) is 198 Å². The van der Waals surface area contributed by atoms with E-state index in [1.54, 1.807) is 0 Å². The van der Waals surface area contributed by atoms with Gasteiger partial charge in [-0.2, -0.15) is 0 Å². The average molecular weight is 780 g/mol. The Hall–Kier alpha value is -8.01. The van der Waals surface area contributed by atoms with Gasteiger partial charge in [0.2, 0.25) is 0 Å². The van der Waals surface area contributed by atoms with Crippen LogP contribution in [-0.2, 0) is 0 Å². The molecule has 0 N–H and O–H groups in total. The summed E-state index contributed by atoms with van der Waals surface area (Å²) >= 11 is 0. The van der Waals surface area contributed by atoms with Gasteiger partial charge in [0.05, 0.1) is 17.1 Å². The Morgan fingerprint density at radius 1 is 0.230 bits per heavy atom. The van der Waals surface area contributed by atoms with Gasteiger partial charge in [0, 0.05) is 35.3 Å². The lowest BCUT2D eigenvalue weighted by Gasteiger charge is -2.18. The maximum absolute atomic E-state index is 4.62. The Morgan fingerprint density at radius 3 is 0.918 bits per heavy atom. The van der Waals surface area contributed by atoms with Crippen molar-refractivity contribution in [3.05, 3.63) is 236 Å². The maximum Gasteiger partial charge on any atom is 0.0702 e. The fourth-order valence-corrected chi connectivity index (χ4v) is 8.40. The molecule has 0 bridgehead atoms. The average Bonchev–Trinajstić information content (AvgIpc) is 3.35. The number of rotatable bonds is 9. The molecule has 0 aliphatic carbocycles. The second kappa shape index (κ2) is 16.7. The standard InChI is InChI=1S/C58H41N3/c1-40-36-45(58-22-10-13-35-61-58)31-32-49(40)55-19-7-6-18-54(55)48-38-46(52-16-4-2-14-50(52)41-23-27-43(28-24-41)56-20-8-11-33-59-56)37-47(39-48)53-17-5-3-15-51(53)42-25-29-44(30-26-42)57-21-9-12-34-60-57/h2-39H,1H3. The maximum atomic E-state index is 4.62. The molecule has 0 spiro atoms.